The van der Waals surface area contributed by atoms with E-state index in [1.165, 1.54) is 38.6 Å². The van der Waals surface area contributed by atoms with Crippen LogP contribution in [0.4, 0.5) is 0 Å². The van der Waals surface area contributed by atoms with Crippen molar-refractivity contribution in [3.63, 3.8) is 0 Å². The minimum atomic E-state index is 0.290. The van der Waals surface area contributed by atoms with E-state index in [1.54, 1.807) is 0 Å². The molecule has 16 heavy (non-hydrogen) atoms. The average molecular weight is 226 g/mol. The molecule has 0 spiro atoms. The number of hydrogen-bond donors (Lipinski definition) is 1. The van der Waals surface area contributed by atoms with E-state index in [0.717, 1.165) is 12.5 Å². The topological polar surface area (TPSA) is 38.5 Å². The fourth-order valence-corrected chi connectivity index (χ4v) is 3.11. The monoisotopic (exact) mass is 226 g/mol. The van der Waals surface area contributed by atoms with E-state index in [4.69, 9.17) is 10.5 Å². The molecule has 0 aromatic carbocycles. The Morgan fingerprint density at radius 1 is 1.31 bits per heavy atom. The molecule has 1 heterocycles. The highest BCUT2D eigenvalue weighted by Crippen LogP contribution is 2.38. The van der Waals surface area contributed by atoms with Gasteiger partial charge in [0.05, 0.1) is 6.61 Å². The van der Waals surface area contributed by atoms with Gasteiger partial charge in [-0.15, -0.1) is 0 Å². The smallest absolute Gasteiger partial charge is 0.0620 e. The summed E-state index contributed by atoms with van der Waals surface area (Å²) in [5.41, 5.74) is 6.13. The fraction of sp³-hybridized carbons (Fsp3) is 1.00. The van der Waals surface area contributed by atoms with Gasteiger partial charge in [0, 0.05) is 25.2 Å². The Balaban J connectivity index is 2.01. The van der Waals surface area contributed by atoms with Crippen molar-refractivity contribution in [1.82, 2.24) is 4.90 Å². The lowest BCUT2D eigenvalue weighted by Gasteiger charge is -2.43. The summed E-state index contributed by atoms with van der Waals surface area (Å²) in [7, 11) is 1.82. The van der Waals surface area contributed by atoms with E-state index in [9.17, 15) is 0 Å². The largest absolute Gasteiger partial charge is 0.383 e. The first-order chi connectivity index (χ1) is 7.74. The van der Waals surface area contributed by atoms with E-state index in [0.29, 0.717) is 18.1 Å². The number of hydrogen-bond acceptors (Lipinski definition) is 3. The van der Waals surface area contributed by atoms with E-state index >= 15 is 0 Å². The van der Waals surface area contributed by atoms with Gasteiger partial charge in [-0.2, -0.15) is 0 Å². The number of rotatable bonds is 5. The van der Waals surface area contributed by atoms with Crippen molar-refractivity contribution in [2.75, 3.05) is 20.3 Å². The SMILES string of the molecule is COCC(C1CC1)N1CCCCC1C(C)N. The third-order valence-corrected chi connectivity index (χ3v) is 4.13. The molecule has 3 nitrogen and oxygen atoms in total. The van der Waals surface area contributed by atoms with Crippen molar-refractivity contribution < 1.29 is 4.74 Å². The van der Waals surface area contributed by atoms with Gasteiger partial charge in [-0.05, 0) is 45.1 Å². The van der Waals surface area contributed by atoms with Crippen LogP contribution in [-0.4, -0.2) is 43.3 Å². The maximum Gasteiger partial charge on any atom is 0.0620 e. The third-order valence-electron chi connectivity index (χ3n) is 4.13. The molecule has 1 aliphatic heterocycles. The molecule has 94 valence electrons. The van der Waals surface area contributed by atoms with Crippen LogP contribution in [0.15, 0.2) is 0 Å². The molecular formula is C13H26N2O. The molecule has 2 fully saturated rings. The molecule has 3 unspecified atom stereocenters. The Morgan fingerprint density at radius 2 is 2.06 bits per heavy atom. The Morgan fingerprint density at radius 3 is 2.62 bits per heavy atom. The molecule has 1 aliphatic carbocycles. The number of likely N-dealkylation sites (tertiary alicyclic amines) is 1. The van der Waals surface area contributed by atoms with Crippen molar-refractivity contribution >= 4 is 0 Å². The molecule has 3 heteroatoms. The number of nitrogens with two attached hydrogens (primary N) is 1. The molecule has 3 atom stereocenters. The quantitative estimate of drug-likeness (QED) is 0.774. The summed E-state index contributed by atoms with van der Waals surface area (Å²) in [6.45, 7) is 4.25. The molecule has 2 N–H and O–H groups in total. The third kappa shape index (κ3) is 2.76. The Bertz CT molecular complexity index is 216. The molecular weight excluding hydrogens is 200 g/mol. The van der Waals surface area contributed by atoms with Gasteiger partial charge in [0.25, 0.3) is 0 Å². The van der Waals surface area contributed by atoms with Crippen molar-refractivity contribution in [2.45, 2.75) is 57.2 Å². The standard InChI is InChI=1S/C13H26N2O/c1-10(14)12-5-3-4-8-15(12)13(9-16-2)11-6-7-11/h10-13H,3-9,14H2,1-2H3. The summed E-state index contributed by atoms with van der Waals surface area (Å²) in [5.74, 6) is 0.874. The summed E-state index contributed by atoms with van der Waals surface area (Å²) in [4.78, 5) is 2.65. The van der Waals surface area contributed by atoms with Gasteiger partial charge in [-0.1, -0.05) is 6.42 Å². The zero-order valence-electron chi connectivity index (χ0n) is 10.7. The lowest BCUT2D eigenvalue weighted by Crippen LogP contribution is -2.55. The lowest BCUT2D eigenvalue weighted by atomic mass is 9.94. The van der Waals surface area contributed by atoms with Crippen LogP contribution in [0.25, 0.3) is 0 Å². The first kappa shape index (κ1) is 12.3. The van der Waals surface area contributed by atoms with Gasteiger partial charge in [0.2, 0.25) is 0 Å². The van der Waals surface area contributed by atoms with Gasteiger partial charge >= 0.3 is 0 Å². The van der Waals surface area contributed by atoms with Crippen molar-refractivity contribution in [3.05, 3.63) is 0 Å². The van der Waals surface area contributed by atoms with Crippen LogP contribution >= 0.6 is 0 Å². The van der Waals surface area contributed by atoms with Crippen molar-refractivity contribution in [1.29, 1.82) is 0 Å². The van der Waals surface area contributed by atoms with E-state index < -0.39 is 0 Å². The molecule has 0 amide bonds. The molecule has 2 rings (SSSR count). The molecule has 0 radical (unpaired) electrons. The first-order valence-corrected chi connectivity index (χ1v) is 6.74. The second-order valence-electron chi connectivity index (χ2n) is 5.52. The van der Waals surface area contributed by atoms with Crippen LogP contribution in [0, 0.1) is 5.92 Å². The van der Waals surface area contributed by atoms with Crippen LogP contribution in [0.5, 0.6) is 0 Å². The molecule has 1 saturated carbocycles. The summed E-state index contributed by atoms with van der Waals surface area (Å²) in [6, 6.07) is 1.49. The highest BCUT2D eigenvalue weighted by atomic mass is 16.5. The predicted octanol–water partition coefficient (Wildman–Crippen LogP) is 1.61. The van der Waals surface area contributed by atoms with Gasteiger partial charge in [-0.25, -0.2) is 0 Å². The number of piperidine rings is 1. The molecule has 2 aliphatic rings. The number of methoxy groups -OCH3 is 1. The number of nitrogens with zero attached hydrogens (tertiary/aromatic N) is 1. The summed E-state index contributed by atoms with van der Waals surface area (Å²) in [5, 5.41) is 0. The zero-order chi connectivity index (χ0) is 11.5. The first-order valence-electron chi connectivity index (χ1n) is 6.74. The second kappa shape index (κ2) is 5.48. The molecule has 1 saturated heterocycles. The molecule has 0 aromatic heterocycles. The van der Waals surface area contributed by atoms with Crippen molar-refractivity contribution in [3.8, 4) is 0 Å². The summed E-state index contributed by atoms with van der Waals surface area (Å²) >= 11 is 0. The zero-order valence-corrected chi connectivity index (χ0v) is 10.7. The highest BCUT2D eigenvalue weighted by Gasteiger charge is 2.39. The maximum atomic E-state index is 6.13. The van der Waals surface area contributed by atoms with Crippen LogP contribution < -0.4 is 5.73 Å². The lowest BCUT2D eigenvalue weighted by molar-refractivity contribution is 0.0225. The van der Waals surface area contributed by atoms with Crippen LogP contribution in [-0.2, 0) is 4.74 Å². The minimum Gasteiger partial charge on any atom is -0.383 e. The van der Waals surface area contributed by atoms with E-state index in [2.05, 4.69) is 11.8 Å². The Labute approximate surface area is 99.3 Å². The average Bonchev–Trinajstić information content (AvgIpc) is 3.10. The highest BCUT2D eigenvalue weighted by molar-refractivity contribution is 4.94. The van der Waals surface area contributed by atoms with Gasteiger partial charge < -0.3 is 10.5 Å². The van der Waals surface area contributed by atoms with E-state index in [-0.39, 0.29) is 0 Å². The van der Waals surface area contributed by atoms with Gasteiger partial charge in [-0.3, -0.25) is 4.90 Å². The Kier molecular flexibility index (Phi) is 4.22. The molecule has 0 aromatic rings. The second-order valence-corrected chi connectivity index (χ2v) is 5.52. The molecule has 0 bridgehead atoms. The predicted molar refractivity (Wildman–Crippen MR) is 66.4 cm³/mol. The van der Waals surface area contributed by atoms with Crippen molar-refractivity contribution in [2.24, 2.45) is 11.7 Å². The van der Waals surface area contributed by atoms with Crippen LogP contribution in [0.1, 0.15) is 39.0 Å². The number of ether oxygens (including phenoxy) is 1. The fourth-order valence-electron chi connectivity index (χ4n) is 3.11. The van der Waals surface area contributed by atoms with Crippen LogP contribution in [0.2, 0.25) is 0 Å². The summed E-state index contributed by atoms with van der Waals surface area (Å²) in [6.07, 6.45) is 6.71. The minimum absolute atomic E-state index is 0.290. The van der Waals surface area contributed by atoms with Gasteiger partial charge in [0.1, 0.15) is 0 Å². The van der Waals surface area contributed by atoms with Crippen LogP contribution in [0.3, 0.4) is 0 Å². The van der Waals surface area contributed by atoms with E-state index in [1.807, 2.05) is 7.11 Å². The van der Waals surface area contributed by atoms with Gasteiger partial charge in [0.15, 0.2) is 0 Å². The Hall–Kier alpha value is -0.120. The summed E-state index contributed by atoms with van der Waals surface area (Å²) < 4.78 is 5.40. The normalized spacial score (nSPS) is 31.3. The maximum absolute atomic E-state index is 6.13.